The molecule has 2 rings (SSSR count). The standard InChI is InChI=1S/C14H17N3O2/c1-10-8-13(18-3)17-14(16-10)19-12-7-5-4-6-11(12)9-15-2/h4-8,15H,9H2,1-3H3. The fourth-order valence-electron chi connectivity index (χ4n) is 1.70. The van der Waals surface area contributed by atoms with Crippen LogP contribution >= 0.6 is 0 Å². The van der Waals surface area contributed by atoms with Crippen LogP contribution in [0.3, 0.4) is 0 Å². The summed E-state index contributed by atoms with van der Waals surface area (Å²) in [5.41, 5.74) is 1.85. The van der Waals surface area contributed by atoms with Crippen LogP contribution in [0.15, 0.2) is 30.3 Å². The van der Waals surface area contributed by atoms with Crippen molar-refractivity contribution in [2.24, 2.45) is 0 Å². The van der Waals surface area contributed by atoms with Gasteiger partial charge in [0.1, 0.15) is 5.75 Å². The van der Waals surface area contributed by atoms with Crippen molar-refractivity contribution in [1.82, 2.24) is 15.3 Å². The lowest BCUT2D eigenvalue weighted by Crippen LogP contribution is -2.06. The molecule has 0 aliphatic rings. The molecule has 0 radical (unpaired) electrons. The summed E-state index contributed by atoms with van der Waals surface area (Å²) in [7, 11) is 3.46. The van der Waals surface area contributed by atoms with Crippen LogP contribution in [0.2, 0.25) is 0 Å². The Morgan fingerprint density at radius 3 is 2.74 bits per heavy atom. The first-order valence-corrected chi connectivity index (χ1v) is 6.03. The number of para-hydroxylation sites is 1. The molecular formula is C14H17N3O2. The minimum atomic E-state index is 0.292. The van der Waals surface area contributed by atoms with Gasteiger partial charge in [0.2, 0.25) is 5.88 Å². The van der Waals surface area contributed by atoms with E-state index in [2.05, 4.69) is 15.3 Å². The average molecular weight is 259 g/mol. The zero-order valence-electron chi connectivity index (χ0n) is 11.3. The maximum Gasteiger partial charge on any atom is 0.325 e. The van der Waals surface area contributed by atoms with Gasteiger partial charge in [0, 0.05) is 23.9 Å². The summed E-state index contributed by atoms with van der Waals surface area (Å²) < 4.78 is 10.9. The maximum absolute atomic E-state index is 5.74. The third-order valence-electron chi connectivity index (χ3n) is 2.56. The van der Waals surface area contributed by atoms with Crippen molar-refractivity contribution in [3.8, 4) is 17.6 Å². The van der Waals surface area contributed by atoms with E-state index in [1.807, 2.05) is 38.2 Å². The van der Waals surface area contributed by atoms with Gasteiger partial charge in [0.05, 0.1) is 7.11 Å². The zero-order chi connectivity index (χ0) is 13.7. The molecular weight excluding hydrogens is 242 g/mol. The first-order chi connectivity index (χ1) is 9.22. The van der Waals surface area contributed by atoms with Crippen molar-refractivity contribution < 1.29 is 9.47 Å². The molecule has 0 atom stereocenters. The number of hydrogen-bond donors (Lipinski definition) is 1. The highest BCUT2D eigenvalue weighted by molar-refractivity contribution is 5.35. The topological polar surface area (TPSA) is 56.3 Å². The Bertz CT molecular complexity index is 558. The van der Waals surface area contributed by atoms with Crippen molar-refractivity contribution >= 4 is 0 Å². The van der Waals surface area contributed by atoms with E-state index in [-0.39, 0.29) is 0 Å². The van der Waals surface area contributed by atoms with E-state index in [4.69, 9.17) is 9.47 Å². The van der Waals surface area contributed by atoms with E-state index < -0.39 is 0 Å². The van der Waals surface area contributed by atoms with Gasteiger partial charge in [0.25, 0.3) is 0 Å². The number of nitrogens with zero attached hydrogens (tertiary/aromatic N) is 2. The summed E-state index contributed by atoms with van der Waals surface area (Å²) in [6.07, 6.45) is 0. The molecule has 100 valence electrons. The lowest BCUT2D eigenvalue weighted by atomic mass is 10.2. The number of ether oxygens (including phenoxy) is 2. The minimum absolute atomic E-state index is 0.292. The molecule has 0 fully saturated rings. The number of hydrogen-bond acceptors (Lipinski definition) is 5. The third kappa shape index (κ3) is 3.42. The summed E-state index contributed by atoms with van der Waals surface area (Å²) in [5, 5.41) is 3.10. The number of methoxy groups -OCH3 is 1. The lowest BCUT2D eigenvalue weighted by Gasteiger charge is -2.10. The monoisotopic (exact) mass is 259 g/mol. The van der Waals surface area contributed by atoms with Crippen molar-refractivity contribution in [3.63, 3.8) is 0 Å². The molecule has 1 N–H and O–H groups in total. The molecule has 5 nitrogen and oxygen atoms in total. The van der Waals surface area contributed by atoms with Gasteiger partial charge >= 0.3 is 6.01 Å². The Balaban J connectivity index is 2.28. The number of aryl methyl sites for hydroxylation is 1. The zero-order valence-corrected chi connectivity index (χ0v) is 11.3. The highest BCUT2D eigenvalue weighted by Gasteiger charge is 2.08. The molecule has 0 aliphatic carbocycles. The highest BCUT2D eigenvalue weighted by Crippen LogP contribution is 2.24. The number of aromatic nitrogens is 2. The summed E-state index contributed by atoms with van der Waals surface area (Å²) >= 11 is 0. The Hall–Kier alpha value is -2.14. The van der Waals surface area contributed by atoms with Crippen molar-refractivity contribution in [2.45, 2.75) is 13.5 Å². The smallest absolute Gasteiger partial charge is 0.325 e. The molecule has 0 saturated heterocycles. The summed E-state index contributed by atoms with van der Waals surface area (Å²) in [4.78, 5) is 8.42. The van der Waals surface area contributed by atoms with Gasteiger partial charge < -0.3 is 14.8 Å². The normalized spacial score (nSPS) is 10.3. The molecule has 19 heavy (non-hydrogen) atoms. The van der Waals surface area contributed by atoms with Crippen LogP contribution in [-0.4, -0.2) is 24.1 Å². The van der Waals surface area contributed by atoms with Crippen LogP contribution < -0.4 is 14.8 Å². The Morgan fingerprint density at radius 2 is 2.00 bits per heavy atom. The van der Waals surface area contributed by atoms with Gasteiger partial charge in [-0.15, -0.1) is 0 Å². The molecule has 1 aromatic carbocycles. The van der Waals surface area contributed by atoms with Crippen LogP contribution in [-0.2, 0) is 6.54 Å². The fraction of sp³-hybridized carbons (Fsp3) is 0.286. The summed E-state index contributed by atoms with van der Waals surface area (Å²) in [6.45, 7) is 2.59. The van der Waals surface area contributed by atoms with Gasteiger partial charge in [-0.05, 0) is 20.0 Å². The first-order valence-electron chi connectivity index (χ1n) is 6.03. The second-order valence-corrected chi connectivity index (χ2v) is 4.07. The Morgan fingerprint density at radius 1 is 1.21 bits per heavy atom. The number of nitrogens with one attached hydrogen (secondary N) is 1. The Labute approximate surface area is 112 Å². The molecule has 0 unspecified atom stereocenters. The minimum Gasteiger partial charge on any atom is -0.481 e. The van der Waals surface area contributed by atoms with Gasteiger partial charge in [0.15, 0.2) is 0 Å². The van der Waals surface area contributed by atoms with E-state index in [1.165, 1.54) is 0 Å². The number of benzene rings is 1. The molecule has 1 aromatic heterocycles. The molecule has 0 saturated carbocycles. The average Bonchev–Trinajstić information content (AvgIpc) is 2.40. The largest absolute Gasteiger partial charge is 0.481 e. The van der Waals surface area contributed by atoms with Crippen LogP contribution in [0.1, 0.15) is 11.3 Å². The first kappa shape index (κ1) is 13.3. The molecule has 1 heterocycles. The van der Waals surface area contributed by atoms with E-state index >= 15 is 0 Å². The molecule has 0 amide bonds. The molecule has 0 aliphatic heterocycles. The predicted octanol–water partition coefficient (Wildman–Crippen LogP) is 2.31. The number of rotatable bonds is 5. The highest BCUT2D eigenvalue weighted by atomic mass is 16.5. The molecule has 2 aromatic rings. The van der Waals surface area contributed by atoms with Crippen molar-refractivity contribution in [2.75, 3.05) is 14.2 Å². The molecule has 5 heteroatoms. The molecule has 0 bridgehead atoms. The molecule has 0 spiro atoms. The maximum atomic E-state index is 5.74. The summed E-state index contributed by atoms with van der Waals surface area (Å²) in [5.74, 6) is 1.23. The van der Waals surface area contributed by atoms with Crippen LogP contribution in [0.25, 0.3) is 0 Å². The van der Waals surface area contributed by atoms with E-state index in [0.29, 0.717) is 11.9 Å². The van der Waals surface area contributed by atoms with Gasteiger partial charge in [-0.25, -0.2) is 0 Å². The van der Waals surface area contributed by atoms with Gasteiger partial charge in [-0.1, -0.05) is 18.2 Å². The fourth-order valence-corrected chi connectivity index (χ4v) is 1.70. The van der Waals surface area contributed by atoms with Crippen molar-refractivity contribution in [1.29, 1.82) is 0 Å². The van der Waals surface area contributed by atoms with Crippen LogP contribution in [0.5, 0.6) is 17.6 Å². The SMILES string of the molecule is CNCc1ccccc1Oc1nc(C)cc(OC)n1. The van der Waals surface area contributed by atoms with Crippen LogP contribution in [0, 0.1) is 6.92 Å². The summed E-state index contributed by atoms with van der Waals surface area (Å²) in [6, 6.07) is 9.83. The second-order valence-electron chi connectivity index (χ2n) is 4.07. The predicted molar refractivity (Wildman–Crippen MR) is 72.6 cm³/mol. The van der Waals surface area contributed by atoms with E-state index in [0.717, 1.165) is 23.6 Å². The van der Waals surface area contributed by atoms with E-state index in [9.17, 15) is 0 Å². The van der Waals surface area contributed by atoms with Crippen LogP contribution in [0.4, 0.5) is 0 Å². The lowest BCUT2D eigenvalue weighted by molar-refractivity contribution is 0.374. The van der Waals surface area contributed by atoms with Gasteiger partial charge in [-0.3, -0.25) is 0 Å². The van der Waals surface area contributed by atoms with E-state index in [1.54, 1.807) is 13.2 Å². The third-order valence-corrected chi connectivity index (χ3v) is 2.56. The quantitative estimate of drug-likeness (QED) is 0.893. The van der Waals surface area contributed by atoms with Crippen molar-refractivity contribution in [3.05, 3.63) is 41.6 Å². The van der Waals surface area contributed by atoms with Gasteiger partial charge in [-0.2, -0.15) is 9.97 Å². The Kier molecular flexibility index (Phi) is 4.30. The second kappa shape index (κ2) is 6.15.